The van der Waals surface area contributed by atoms with Gasteiger partial charge in [0, 0.05) is 51.7 Å². The molecule has 1 aliphatic heterocycles. The summed E-state index contributed by atoms with van der Waals surface area (Å²) in [5, 5.41) is 0. The molecule has 1 unspecified atom stereocenters. The van der Waals surface area contributed by atoms with Gasteiger partial charge in [-0.1, -0.05) is 17.7 Å². The van der Waals surface area contributed by atoms with Crippen molar-refractivity contribution in [1.29, 1.82) is 0 Å². The molecule has 0 aliphatic carbocycles. The Kier molecular flexibility index (Phi) is 12.2. The van der Waals surface area contributed by atoms with E-state index >= 15 is 0 Å². The van der Waals surface area contributed by atoms with E-state index in [0.29, 0.717) is 39.0 Å². The van der Waals surface area contributed by atoms with Crippen LogP contribution < -0.4 is 10.5 Å². The maximum Gasteiger partial charge on any atom is 0.240 e. The summed E-state index contributed by atoms with van der Waals surface area (Å²) < 4.78 is 27.2. The van der Waals surface area contributed by atoms with Gasteiger partial charge >= 0.3 is 0 Å². The summed E-state index contributed by atoms with van der Waals surface area (Å²) >= 11 is 0. The van der Waals surface area contributed by atoms with Crippen LogP contribution in [0.15, 0.2) is 29.2 Å². The van der Waals surface area contributed by atoms with Gasteiger partial charge in [0.2, 0.25) is 15.9 Å². The molecule has 10 heteroatoms. The number of hydrogen-bond donors (Lipinski definition) is 2. The number of hydrogen-bond acceptors (Lipinski definition) is 5. The summed E-state index contributed by atoms with van der Waals surface area (Å²) in [6, 6.07) is 6.85. The van der Waals surface area contributed by atoms with Crippen LogP contribution in [0.25, 0.3) is 0 Å². The molecule has 162 valence electrons. The van der Waals surface area contributed by atoms with Crippen molar-refractivity contribution in [2.24, 2.45) is 5.73 Å². The lowest BCUT2D eigenvalue weighted by atomic mass is 10.1. The van der Waals surface area contributed by atoms with Crippen LogP contribution in [0.1, 0.15) is 25.3 Å². The number of nitrogens with two attached hydrogens (primary N) is 1. The van der Waals surface area contributed by atoms with Crippen molar-refractivity contribution in [2.75, 3.05) is 39.3 Å². The van der Waals surface area contributed by atoms with E-state index in [-0.39, 0.29) is 41.7 Å². The molecule has 0 spiro atoms. The van der Waals surface area contributed by atoms with Crippen LogP contribution in [0.4, 0.5) is 0 Å². The largest absolute Gasteiger partial charge is 0.340 e. The SMILES string of the molecule is Cc1ccc(S(=O)(=O)NCCN2CCN(C(=O)CCC(C)N)CC2)cc1.Cl.Cl. The molecule has 2 rings (SSSR count). The van der Waals surface area contributed by atoms with Gasteiger partial charge in [-0.3, -0.25) is 9.69 Å². The first-order chi connectivity index (χ1) is 12.3. The third-order valence-corrected chi connectivity index (χ3v) is 6.07. The summed E-state index contributed by atoms with van der Waals surface area (Å²) in [7, 11) is -3.47. The standard InChI is InChI=1S/C18H30N4O3S.2ClH/c1-15-3-6-17(7-4-15)26(24,25)20-9-10-21-11-13-22(14-12-21)18(23)8-5-16(2)19;;/h3-4,6-7,16,20H,5,8-14,19H2,1-2H3;2*1H. The summed E-state index contributed by atoms with van der Waals surface area (Å²) in [5.41, 5.74) is 6.72. The van der Waals surface area contributed by atoms with Crippen LogP contribution in [0, 0.1) is 6.92 Å². The second-order valence-corrected chi connectivity index (χ2v) is 8.72. The Balaban J connectivity index is 0.00000364. The molecular weight excluding hydrogens is 423 g/mol. The predicted octanol–water partition coefficient (Wildman–Crippen LogP) is 1.39. The van der Waals surface area contributed by atoms with Crippen LogP contribution >= 0.6 is 24.8 Å². The molecule has 1 fully saturated rings. The number of sulfonamides is 1. The highest BCUT2D eigenvalue weighted by atomic mass is 35.5. The number of carbonyl (C=O) groups excluding carboxylic acids is 1. The fourth-order valence-corrected chi connectivity index (χ4v) is 3.89. The maximum absolute atomic E-state index is 12.3. The molecule has 0 bridgehead atoms. The highest BCUT2D eigenvalue weighted by Crippen LogP contribution is 2.10. The van der Waals surface area contributed by atoms with Gasteiger partial charge in [0.15, 0.2) is 0 Å². The zero-order chi connectivity index (χ0) is 19.2. The molecule has 0 saturated carbocycles. The molecule has 3 N–H and O–H groups in total. The van der Waals surface area contributed by atoms with Gasteiger partial charge in [-0.2, -0.15) is 0 Å². The normalized spacial score (nSPS) is 16.0. The molecule has 1 atom stereocenters. The van der Waals surface area contributed by atoms with Crippen molar-refractivity contribution in [3.05, 3.63) is 29.8 Å². The van der Waals surface area contributed by atoms with E-state index in [0.717, 1.165) is 18.7 Å². The van der Waals surface area contributed by atoms with E-state index in [1.165, 1.54) is 0 Å². The van der Waals surface area contributed by atoms with E-state index < -0.39 is 10.0 Å². The van der Waals surface area contributed by atoms with Crippen LogP contribution in [-0.2, 0) is 14.8 Å². The number of rotatable bonds is 8. The van der Waals surface area contributed by atoms with E-state index in [1.807, 2.05) is 18.7 Å². The summed E-state index contributed by atoms with van der Waals surface area (Å²) in [5.74, 6) is 0.155. The first kappa shape index (κ1) is 27.1. The Morgan fingerprint density at radius 3 is 2.25 bits per heavy atom. The quantitative estimate of drug-likeness (QED) is 0.618. The molecule has 0 aromatic heterocycles. The van der Waals surface area contributed by atoms with Crippen molar-refractivity contribution in [3.63, 3.8) is 0 Å². The minimum Gasteiger partial charge on any atom is -0.340 e. The lowest BCUT2D eigenvalue weighted by Crippen LogP contribution is -2.50. The van der Waals surface area contributed by atoms with Crippen LogP contribution in [0.5, 0.6) is 0 Å². The first-order valence-electron chi connectivity index (χ1n) is 9.10. The number of carbonyl (C=O) groups is 1. The Bertz CT molecular complexity index is 691. The van der Waals surface area contributed by atoms with Gasteiger partial charge in [0.05, 0.1) is 4.90 Å². The van der Waals surface area contributed by atoms with E-state index in [1.54, 1.807) is 24.3 Å². The number of benzene rings is 1. The highest BCUT2D eigenvalue weighted by molar-refractivity contribution is 7.89. The average Bonchev–Trinajstić information content (AvgIpc) is 2.60. The lowest BCUT2D eigenvalue weighted by Gasteiger charge is -2.34. The molecule has 1 saturated heterocycles. The third kappa shape index (κ3) is 8.63. The van der Waals surface area contributed by atoms with Gasteiger partial charge in [0.25, 0.3) is 0 Å². The van der Waals surface area contributed by atoms with Crippen LogP contribution in [0.2, 0.25) is 0 Å². The van der Waals surface area contributed by atoms with Crippen LogP contribution in [-0.4, -0.2) is 69.4 Å². The molecule has 1 aliphatic rings. The highest BCUT2D eigenvalue weighted by Gasteiger charge is 2.21. The maximum atomic E-state index is 12.3. The minimum atomic E-state index is -3.47. The molecular formula is C18H32Cl2N4O3S. The predicted molar refractivity (Wildman–Crippen MR) is 117 cm³/mol. The first-order valence-corrected chi connectivity index (χ1v) is 10.6. The van der Waals surface area contributed by atoms with E-state index in [9.17, 15) is 13.2 Å². The summed E-state index contributed by atoms with van der Waals surface area (Å²) in [6.45, 7) is 7.70. The Hall–Kier alpha value is -0.900. The fraction of sp³-hybridized carbons (Fsp3) is 0.611. The Morgan fingerprint density at radius 2 is 1.71 bits per heavy atom. The monoisotopic (exact) mass is 454 g/mol. The van der Waals surface area contributed by atoms with Crippen molar-refractivity contribution < 1.29 is 13.2 Å². The number of nitrogens with zero attached hydrogens (tertiary/aromatic N) is 2. The van der Waals surface area contributed by atoms with Gasteiger partial charge in [0.1, 0.15) is 0 Å². The van der Waals surface area contributed by atoms with Crippen molar-refractivity contribution in [2.45, 2.75) is 37.6 Å². The van der Waals surface area contributed by atoms with Crippen molar-refractivity contribution >= 4 is 40.7 Å². The lowest BCUT2D eigenvalue weighted by molar-refractivity contribution is -0.133. The summed E-state index contributed by atoms with van der Waals surface area (Å²) in [6.07, 6.45) is 1.20. The average molecular weight is 455 g/mol. The number of halogens is 2. The van der Waals surface area contributed by atoms with Gasteiger partial charge in [-0.05, 0) is 32.4 Å². The van der Waals surface area contributed by atoms with Gasteiger partial charge < -0.3 is 10.6 Å². The Labute approximate surface area is 180 Å². The second kappa shape index (κ2) is 12.6. The zero-order valence-electron chi connectivity index (χ0n) is 16.5. The molecule has 1 amide bonds. The molecule has 0 radical (unpaired) electrons. The fourth-order valence-electron chi connectivity index (χ4n) is 2.87. The number of aryl methyl sites for hydroxylation is 1. The molecule has 1 aromatic rings. The van der Waals surface area contributed by atoms with Crippen molar-refractivity contribution in [3.8, 4) is 0 Å². The van der Waals surface area contributed by atoms with Gasteiger partial charge in [-0.15, -0.1) is 24.8 Å². The Morgan fingerprint density at radius 1 is 1.14 bits per heavy atom. The number of piperazine rings is 1. The van der Waals surface area contributed by atoms with Crippen molar-refractivity contribution in [1.82, 2.24) is 14.5 Å². The molecule has 28 heavy (non-hydrogen) atoms. The molecule has 7 nitrogen and oxygen atoms in total. The topological polar surface area (TPSA) is 95.7 Å². The third-order valence-electron chi connectivity index (χ3n) is 4.59. The molecule has 1 heterocycles. The van der Waals surface area contributed by atoms with Crippen LogP contribution in [0.3, 0.4) is 0 Å². The zero-order valence-corrected chi connectivity index (χ0v) is 18.9. The number of nitrogens with one attached hydrogen (secondary N) is 1. The summed E-state index contributed by atoms with van der Waals surface area (Å²) in [4.78, 5) is 16.4. The van der Waals surface area contributed by atoms with E-state index in [4.69, 9.17) is 5.73 Å². The number of amides is 1. The second-order valence-electron chi connectivity index (χ2n) is 6.95. The molecule has 1 aromatic carbocycles. The smallest absolute Gasteiger partial charge is 0.240 e. The van der Waals surface area contributed by atoms with E-state index in [2.05, 4.69) is 9.62 Å². The van der Waals surface area contributed by atoms with Gasteiger partial charge in [-0.25, -0.2) is 13.1 Å². The minimum absolute atomic E-state index is 0.